The Hall–Kier alpha value is -1.49. The monoisotopic (exact) mass is 239 g/mol. The summed E-state index contributed by atoms with van der Waals surface area (Å²) in [6, 6.07) is 1.80. The van der Waals surface area contributed by atoms with Crippen molar-refractivity contribution in [2.24, 2.45) is 0 Å². The third-order valence-electron chi connectivity index (χ3n) is 2.34. The normalized spacial score (nSPS) is 11.9. The van der Waals surface area contributed by atoms with E-state index < -0.39 is 5.60 Å². The van der Waals surface area contributed by atoms with Gasteiger partial charge in [-0.2, -0.15) is 0 Å². The molecule has 17 heavy (non-hydrogen) atoms. The summed E-state index contributed by atoms with van der Waals surface area (Å²) in [5, 5.41) is 12.2. The van der Waals surface area contributed by atoms with Crippen LogP contribution >= 0.6 is 0 Å². The van der Waals surface area contributed by atoms with E-state index in [4.69, 9.17) is 5.73 Å². The molecular formula is C12H21N3O2. The van der Waals surface area contributed by atoms with Gasteiger partial charge in [-0.3, -0.25) is 4.79 Å². The third kappa shape index (κ3) is 3.78. The molecule has 5 nitrogen and oxygen atoms in total. The molecule has 0 atom stereocenters. The van der Waals surface area contributed by atoms with Gasteiger partial charge in [0.05, 0.1) is 11.3 Å². The molecule has 0 fully saturated rings. The van der Waals surface area contributed by atoms with E-state index in [2.05, 4.69) is 5.32 Å². The largest absolute Gasteiger partial charge is 0.397 e. The summed E-state index contributed by atoms with van der Waals surface area (Å²) in [5.74, 6) is -0.225. The van der Waals surface area contributed by atoms with E-state index in [1.165, 1.54) is 0 Å². The van der Waals surface area contributed by atoms with Gasteiger partial charge < -0.3 is 20.7 Å². The molecule has 1 rings (SSSR count). The molecule has 96 valence electrons. The Balaban J connectivity index is 2.82. The summed E-state index contributed by atoms with van der Waals surface area (Å²) in [4.78, 5) is 11.9. The number of aliphatic hydroxyl groups is 1. The Bertz CT molecular complexity index is 402. The number of anilines is 1. The van der Waals surface area contributed by atoms with Gasteiger partial charge in [0.25, 0.3) is 5.91 Å². The average molecular weight is 239 g/mol. The van der Waals surface area contributed by atoms with Crippen molar-refractivity contribution in [1.29, 1.82) is 0 Å². The SMILES string of the molecule is CC(C)n1cc(N)cc1C(=O)NCC(C)(C)O. The van der Waals surface area contributed by atoms with E-state index in [1.807, 2.05) is 18.4 Å². The molecule has 0 aliphatic heterocycles. The second-order valence-electron chi connectivity index (χ2n) is 5.15. The molecule has 1 aromatic heterocycles. The second-order valence-corrected chi connectivity index (χ2v) is 5.15. The van der Waals surface area contributed by atoms with Gasteiger partial charge in [-0.1, -0.05) is 0 Å². The molecule has 0 aliphatic rings. The van der Waals surface area contributed by atoms with Crippen molar-refractivity contribution < 1.29 is 9.90 Å². The van der Waals surface area contributed by atoms with Crippen LogP contribution < -0.4 is 11.1 Å². The highest BCUT2D eigenvalue weighted by Crippen LogP contribution is 2.16. The van der Waals surface area contributed by atoms with Gasteiger partial charge in [0, 0.05) is 18.8 Å². The number of amides is 1. The lowest BCUT2D eigenvalue weighted by Crippen LogP contribution is -2.38. The first-order valence-electron chi connectivity index (χ1n) is 5.68. The number of hydrogen-bond acceptors (Lipinski definition) is 3. The molecule has 0 saturated carbocycles. The highest BCUT2D eigenvalue weighted by atomic mass is 16.3. The van der Waals surface area contributed by atoms with Gasteiger partial charge in [0.15, 0.2) is 0 Å². The molecule has 0 unspecified atom stereocenters. The summed E-state index contributed by atoms with van der Waals surface area (Å²) in [5.41, 5.74) is 5.84. The number of nitrogens with zero attached hydrogens (tertiary/aromatic N) is 1. The molecule has 4 N–H and O–H groups in total. The third-order valence-corrected chi connectivity index (χ3v) is 2.34. The molecule has 0 aromatic carbocycles. The summed E-state index contributed by atoms with van der Waals surface area (Å²) < 4.78 is 1.81. The van der Waals surface area contributed by atoms with Crippen LogP contribution in [0.25, 0.3) is 0 Å². The van der Waals surface area contributed by atoms with Crippen LogP contribution in [0, 0.1) is 0 Å². The smallest absolute Gasteiger partial charge is 0.268 e. The van der Waals surface area contributed by atoms with Crippen LogP contribution in [0.4, 0.5) is 5.69 Å². The van der Waals surface area contributed by atoms with Gasteiger partial charge in [0.2, 0.25) is 0 Å². The van der Waals surface area contributed by atoms with Crippen molar-refractivity contribution in [1.82, 2.24) is 9.88 Å². The quantitative estimate of drug-likeness (QED) is 0.737. The number of carbonyl (C=O) groups is 1. The number of rotatable bonds is 4. The zero-order chi connectivity index (χ0) is 13.2. The highest BCUT2D eigenvalue weighted by Gasteiger charge is 2.18. The molecule has 5 heteroatoms. The summed E-state index contributed by atoms with van der Waals surface area (Å²) in [7, 11) is 0. The minimum absolute atomic E-state index is 0.162. The van der Waals surface area contributed by atoms with Crippen molar-refractivity contribution >= 4 is 11.6 Å². The predicted octanol–water partition coefficient (Wildman–Crippen LogP) is 1.15. The number of carbonyl (C=O) groups excluding carboxylic acids is 1. The maximum absolute atomic E-state index is 11.9. The lowest BCUT2D eigenvalue weighted by molar-refractivity contribution is 0.0689. The van der Waals surface area contributed by atoms with Crippen molar-refractivity contribution in [3.05, 3.63) is 18.0 Å². The van der Waals surface area contributed by atoms with E-state index in [0.717, 1.165) is 0 Å². The Labute approximate surface area is 102 Å². The molecule has 0 aliphatic carbocycles. The molecule has 0 radical (unpaired) electrons. The van der Waals surface area contributed by atoms with Crippen molar-refractivity contribution in [3.63, 3.8) is 0 Å². The van der Waals surface area contributed by atoms with E-state index in [9.17, 15) is 9.90 Å². The Kier molecular flexibility index (Phi) is 3.83. The fraction of sp³-hybridized carbons (Fsp3) is 0.583. The second kappa shape index (κ2) is 4.79. The fourth-order valence-electron chi connectivity index (χ4n) is 1.50. The lowest BCUT2D eigenvalue weighted by Gasteiger charge is -2.18. The van der Waals surface area contributed by atoms with Gasteiger partial charge in [0.1, 0.15) is 5.69 Å². The average Bonchev–Trinajstić information content (AvgIpc) is 2.55. The maximum Gasteiger partial charge on any atom is 0.268 e. The summed E-state index contributed by atoms with van der Waals surface area (Å²) in [6.07, 6.45) is 1.74. The molecule has 0 bridgehead atoms. The number of aromatic nitrogens is 1. The van der Waals surface area contributed by atoms with Crippen LogP contribution in [0.1, 0.15) is 44.2 Å². The van der Waals surface area contributed by atoms with Crippen LogP contribution in [-0.2, 0) is 0 Å². The van der Waals surface area contributed by atoms with Crippen LogP contribution in [0.15, 0.2) is 12.3 Å². The standard InChI is InChI=1S/C12H21N3O2/c1-8(2)15-6-9(13)5-10(15)11(16)14-7-12(3,4)17/h5-6,8,17H,7,13H2,1-4H3,(H,14,16). The molecular weight excluding hydrogens is 218 g/mol. The lowest BCUT2D eigenvalue weighted by atomic mass is 10.1. The van der Waals surface area contributed by atoms with E-state index >= 15 is 0 Å². The number of nitrogen functional groups attached to an aromatic ring is 1. The number of hydrogen-bond donors (Lipinski definition) is 3. The van der Waals surface area contributed by atoms with Crippen molar-refractivity contribution in [2.45, 2.75) is 39.3 Å². The molecule has 1 amide bonds. The first-order valence-corrected chi connectivity index (χ1v) is 5.68. The molecule has 0 spiro atoms. The topological polar surface area (TPSA) is 80.3 Å². The zero-order valence-electron chi connectivity index (χ0n) is 10.8. The Morgan fingerprint density at radius 1 is 1.59 bits per heavy atom. The Morgan fingerprint density at radius 3 is 2.65 bits per heavy atom. The van der Waals surface area contributed by atoms with Crippen LogP contribution in [-0.4, -0.2) is 27.7 Å². The summed E-state index contributed by atoms with van der Waals surface area (Å²) >= 11 is 0. The minimum atomic E-state index is -0.920. The van der Waals surface area contributed by atoms with E-state index in [-0.39, 0.29) is 18.5 Å². The van der Waals surface area contributed by atoms with Gasteiger partial charge in [-0.25, -0.2) is 0 Å². The van der Waals surface area contributed by atoms with Crippen molar-refractivity contribution in [2.75, 3.05) is 12.3 Å². The first kappa shape index (κ1) is 13.6. The first-order chi connectivity index (χ1) is 7.70. The van der Waals surface area contributed by atoms with Gasteiger partial charge in [-0.05, 0) is 33.8 Å². The van der Waals surface area contributed by atoms with Crippen LogP contribution in [0.2, 0.25) is 0 Å². The number of nitrogens with two attached hydrogens (primary N) is 1. The Morgan fingerprint density at radius 2 is 2.18 bits per heavy atom. The highest BCUT2D eigenvalue weighted by molar-refractivity contribution is 5.93. The zero-order valence-corrected chi connectivity index (χ0v) is 10.8. The van der Waals surface area contributed by atoms with E-state index in [1.54, 1.807) is 26.1 Å². The van der Waals surface area contributed by atoms with Crippen LogP contribution in [0.3, 0.4) is 0 Å². The summed E-state index contributed by atoms with van der Waals surface area (Å²) in [6.45, 7) is 7.44. The molecule has 0 saturated heterocycles. The van der Waals surface area contributed by atoms with Crippen LogP contribution in [0.5, 0.6) is 0 Å². The number of nitrogens with one attached hydrogen (secondary N) is 1. The van der Waals surface area contributed by atoms with Crippen molar-refractivity contribution in [3.8, 4) is 0 Å². The van der Waals surface area contributed by atoms with E-state index in [0.29, 0.717) is 11.4 Å². The predicted molar refractivity (Wildman–Crippen MR) is 67.9 cm³/mol. The maximum atomic E-state index is 11.9. The van der Waals surface area contributed by atoms with Gasteiger partial charge >= 0.3 is 0 Å². The van der Waals surface area contributed by atoms with Gasteiger partial charge in [-0.15, -0.1) is 0 Å². The fourth-order valence-corrected chi connectivity index (χ4v) is 1.50. The minimum Gasteiger partial charge on any atom is -0.397 e. The molecule has 1 heterocycles. The molecule has 1 aromatic rings.